The summed E-state index contributed by atoms with van der Waals surface area (Å²) in [6.07, 6.45) is 4.84. The largest absolute Gasteiger partial charge is 0.373 e. The summed E-state index contributed by atoms with van der Waals surface area (Å²) in [7, 11) is 0. The van der Waals surface area contributed by atoms with E-state index in [9.17, 15) is 0 Å². The van der Waals surface area contributed by atoms with Crippen LogP contribution in [0.3, 0.4) is 0 Å². The van der Waals surface area contributed by atoms with Crippen LogP contribution in [0.2, 0.25) is 0 Å². The molecule has 1 unspecified atom stereocenters. The number of hydrogen-bond acceptors (Lipinski definition) is 3. The zero-order valence-electron chi connectivity index (χ0n) is 12.0. The second-order valence-corrected chi connectivity index (χ2v) is 6.67. The normalized spacial score (nSPS) is 35.3. The van der Waals surface area contributed by atoms with Gasteiger partial charge in [0.1, 0.15) is 0 Å². The van der Waals surface area contributed by atoms with Gasteiger partial charge in [0.2, 0.25) is 0 Å². The Bertz CT molecular complexity index is 455. The Kier molecular flexibility index (Phi) is 3.29. The van der Waals surface area contributed by atoms with Crippen molar-refractivity contribution in [2.24, 2.45) is 0 Å². The van der Waals surface area contributed by atoms with Crippen molar-refractivity contribution < 1.29 is 4.74 Å². The summed E-state index contributed by atoms with van der Waals surface area (Å²) in [5, 5.41) is 7.26. The van der Waals surface area contributed by atoms with Crippen molar-refractivity contribution in [3.8, 4) is 0 Å². The van der Waals surface area contributed by atoms with Gasteiger partial charge in [0.25, 0.3) is 0 Å². The van der Waals surface area contributed by atoms with E-state index in [2.05, 4.69) is 41.0 Å². The molecule has 0 bridgehead atoms. The molecule has 3 atom stereocenters. The van der Waals surface area contributed by atoms with E-state index >= 15 is 0 Å². The molecule has 3 aliphatic rings. The number of rotatable bonds is 3. The van der Waals surface area contributed by atoms with E-state index in [4.69, 9.17) is 4.74 Å². The van der Waals surface area contributed by atoms with Crippen LogP contribution in [0, 0.1) is 0 Å². The molecule has 2 saturated heterocycles. The Morgan fingerprint density at radius 2 is 1.95 bits per heavy atom. The fourth-order valence-electron chi connectivity index (χ4n) is 3.93. The lowest BCUT2D eigenvalue weighted by Crippen LogP contribution is -2.42. The Morgan fingerprint density at radius 3 is 2.75 bits per heavy atom. The van der Waals surface area contributed by atoms with Crippen LogP contribution in [0.25, 0.3) is 0 Å². The number of nitrogens with one attached hydrogen (secondary N) is 2. The maximum absolute atomic E-state index is 6.16. The molecular weight excluding hydrogens is 248 g/mol. The molecule has 0 aromatic heterocycles. The van der Waals surface area contributed by atoms with E-state index in [0.29, 0.717) is 12.1 Å². The molecule has 108 valence electrons. The summed E-state index contributed by atoms with van der Waals surface area (Å²) < 4.78 is 6.16. The number of hydrogen-bond donors (Lipinski definition) is 2. The highest BCUT2D eigenvalue weighted by Crippen LogP contribution is 2.42. The van der Waals surface area contributed by atoms with Gasteiger partial charge in [0.05, 0.1) is 12.2 Å². The van der Waals surface area contributed by atoms with Crippen molar-refractivity contribution >= 4 is 0 Å². The highest BCUT2D eigenvalue weighted by Gasteiger charge is 2.45. The summed E-state index contributed by atoms with van der Waals surface area (Å²) in [6.45, 7) is 3.13. The SMILES string of the molecule is c1ccc([C@@H]2C[C@H]2NC2COC3(CCNCC3)C2)cc1. The molecule has 1 spiro atoms. The zero-order chi connectivity index (χ0) is 13.4. The van der Waals surface area contributed by atoms with Gasteiger partial charge in [-0.3, -0.25) is 0 Å². The van der Waals surface area contributed by atoms with Crippen LogP contribution in [0.1, 0.15) is 37.2 Å². The maximum Gasteiger partial charge on any atom is 0.0723 e. The zero-order valence-corrected chi connectivity index (χ0v) is 12.0. The lowest BCUT2D eigenvalue weighted by atomic mass is 9.88. The maximum atomic E-state index is 6.16. The first kappa shape index (κ1) is 12.8. The average Bonchev–Trinajstić information content (AvgIpc) is 3.16. The standard InChI is InChI=1S/C17H24N2O/c1-2-4-13(5-3-1)15-10-16(15)19-14-11-17(20-12-14)6-8-18-9-7-17/h1-5,14-16,18-19H,6-12H2/t14?,15-,16+/m0/s1. The first-order valence-electron chi connectivity index (χ1n) is 8.00. The third-order valence-corrected chi connectivity index (χ3v) is 5.19. The van der Waals surface area contributed by atoms with Crippen molar-refractivity contribution in [3.63, 3.8) is 0 Å². The minimum absolute atomic E-state index is 0.181. The average molecular weight is 272 g/mol. The van der Waals surface area contributed by atoms with E-state index in [0.717, 1.165) is 25.6 Å². The van der Waals surface area contributed by atoms with Crippen LogP contribution in [-0.2, 0) is 4.74 Å². The predicted molar refractivity (Wildman–Crippen MR) is 79.9 cm³/mol. The molecule has 3 fully saturated rings. The van der Waals surface area contributed by atoms with Crippen LogP contribution in [0.15, 0.2) is 30.3 Å². The quantitative estimate of drug-likeness (QED) is 0.883. The highest BCUT2D eigenvalue weighted by atomic mass is 16.5. The summed E-state index contributed by atoms with van der Waals surface area (Å²) in [5.41, 5.74) is 1.67. The summed E-state index contributed by atoms with van der Waals surface area (Å²) in [5.74, 6) is 0.723. The molecule has 20 heavy (non-hydrogen) atoms. The van der Waals surface area contributed by atoms with Gasteiger partial charge in [-0.2, -0.15) is 0 Å². The van der Waals surface area contributed by atoms with Gasteiger partial charge in [0, 0.05) is 18.0 Å². The molecule has 1 saturated carbocycles. The molecule has 1 aromatic rings. The monoisotopic (exact) mass is 272 g/mol. The second kappa shape index (κ2) is 5.14. The van der Waals surface area contributed by atoms with Gasteiger partial charge in [-0.05, 0) is 44.3 Å². The van der Waals surface area contributed by atoms with E-state index in [-0.39, 0.29) is 5.60 Å². The Morgan fingerprint density at radius 1 is 1.15 bits per heavy atom. The van der Waals surface area contributed by atoms with Crippen molar-refractivity contribution in [2.45, 2.75) is 49.3 Å². The molecule has 1 aliphatic carbocycles. The van der Waals surface area contributed by atoms with Crippen molar-refractivity contribution in [2.75, 3.05) is 19.7 Å². The summed E-state index contributed by atoms with van der Waals surface area (Å²) >= 11 is 0. The number of ether oxygens (including phenoxy) is 1. The first-order valence-corrected chi connectivity index (χ1v) is 8.00. The van der Waals surface area contributed by atoms with Crippen molar-refractivity contribution in [1.29, 1.82) is 0 Å². The van der Waals surface area contributed by atoms with Gasteiger partial charge in [-0.15, -0.1) is 0 Å². The van der Waals surface area contributed by atoms with Crippen molar-refractivity contribution in [3.05, 3.63) is 35.9 Å². The Labute approximate surface area is 121 Å². The van der Waals surface area contributed by atoms with Crippen molar-refractivity contribution in [1.82, 2.24) is 10.6 Å². The minimum Gasteiger partial charge on any atom is -0.373 e. The van der Waals surface area contributed by atoms with E-state index in [1.807, 2.05) is 0 Å². The summed E-state index contributed by atoms with van der Waals surface area (Å²) in [6, 6.07) is 12.1. The lowest BCUT2D eigenvalue weighted by molar-refractivity contribution is -0.0194. The van der Waals surface area contributed by atoms with Gasteiger partial charge in [-0.25, -0.2) is 0 Å². The van der Waals surface area contributed by atoms with Gasteiger partial charge in [-0.1, -0.05) is 30.3 Å². The van der Waals surface area contributed by atoms with Crippen LogP contribution in [0.4, 0.5) is 0 Å². The fourth-order valence-corrected chi connectivity index (χ4v) is 3.93. The smallest absolute Gasteiger partial charge is 0.0723 e. The van der Waals surface area contributed by atoms with Crippen LogP contribution in [-0.4, -0.2) is 37.4 Å². The second-order valence-electron chi connectivity index (χ2n) is 6.67. The first-order chi connectivity index (χ1) is 9.85. The van der Waals surface area contributed by atoms with Gasteiger partial charge >= 0.3 is 0 Å². The minimum atomic E-state index is 0.181. The number of piperidine rings is 1. The molecule has 2 aliphatic heterocycles. The molecule has 4 rings (SSSR count). The van der Waals surface area contributed by atoms with Gasteiger partial charge in [0.15, 0.2) is 0 Å². The Hall–Kier alpha value is -0.900. The van der Waals surface area contributed by atoms with Crippen LogP contribution >= 0.6 is 0 Å². The molecular formula is C17H24N2O. The van der Waals surface area contributed by atoms with E-state index < -0.39 is 0 Å². The molecule has 3 nitrogen and oxygen atoms in total. The molecule has 1 aromatic carbocycles. The van der Waals surface area contributed by atoms with Crippen LogP contribution in [0.5, 0.6) is 0 Å². The van der Waals surface area contributed by atoms with E-state index in [1.54, 1.807) is 0 Å². The highest BCUT2D eigenvalue weighted by molar-refractivity contribution is 5.27. The lowest BCUT2D eigenvalue weighted by Gasteiger charge is -2.32. The Balaban J connectivity index is 1.31. The topological polar surface area (TPSA) is 33.3 Å². The third kappa shape index (κ3) is 2.50. The fraction of sp³-hybridized carbons (Fsp3) is 0.647. The summed E-state index contributed by atoms with van der Waals surface area (Å²) in [4.78, 5) is 0. The van der Waals surface area contributed by atoms with Gasteiger partial charge < -0.3 is 15.4 Å². The third-order valence-electron chi connectivity index (χ3n) is 5.19. The molecule has 0 radical (unpaired) electrons. The molecule has 3 heteroatoms. The van der Waals surface area contributed by atoms with Crippen LogP contribution < -0.4 is 10.6 Å². The molecule has 0 amide bonds. The van der Waals surface area contributed by atoms with E-state index in [1.165, 1.54) is 31.2 Å². The molecule has 2 heterocycles. The molecule has 2 N–H and O–H groups in total. The predicted octanol–water partition coefficient (Wildman–Crippen LogP) is 2.04. The number of benzene rings is 1.